The number of benzene rings is 1. The molecule has 0 fully saturated rings. The van der Waals surface area contributed by atoms with Gasteiger partial charge in [0, 0.05) is 11.4 Å². The lowest BCUT2D eigenvalue weighted by Crippen LogP contribution is -2.36. The molecule has 3 N–H and O–H groups in total. The molecule has 0 spiro atoms. The van der Waals surface area contributed by atoms with Crippen molar-refractivity contribution in [3.05, 3.63) is 74.7 Å². The molecule has 204 valence electrons. The number of aromatic nitrogens is 2. The van der Waals surface area contributed by atoms with Crippen LogP contribution >= 0.6 is 11.3 Å². The van der Waals surface area contributed by atoms with Gasteiger partial charge < -0.3 is 14.7 Å². The van der Waals surface area contributed by atoms with E-state index in [2.05, 4.69) is 9.97 Å². The van der Waals surface area contributed by atoms with Crippen molar-refractivity contribution in [3.8, 4) is 5.75 Å². The minimum Gasteiger partial charge on any atom is -0.495 e. The van der Waals surface area contributed by atoms with E-state index in [0.717, 1.165) is 11.3 Å². The number of sulfonamides is 1. The van der Waals surface area contributed by atoms with Crippen molar-refractivity contribution < 1.29 is 32.2 Å². The van der Waals surface area contributed by atoms with Gasteiger partial charge in [-0.2, -0.15) is 0 Å². The fourth-order valence-electron chi connectivity index (χ4n) is 3.79. The van der Waals surface area contributed by atoms with Crippen molar-refractivity contribution in [1.29, 1.82) is 0 Å². The second-order valence-electron chi connectivity index (χ2n) is 8.68. The third kappa shape index (κ3) is 7.63. The Morgan fingerprint density at radius 3 is 2.61 bits per heavy atom. The van der Waals surface area contributed by atoms with E-state index < -0.39 is 33.6 Å². The summed E-state index contributed by atoms with van der Waals surface area (Å²) in [5.74, 6) is -2.13. The van der Waals surface area contributed by atoms with Gasteiger partial charge in [-0.05, 0) is 49.9 Å². The Bertz CT molecular complexity index is 1410. The van der Waals surface area contributed by atoms with Crippen LogP contribution in [0.4, 0.5) is 4.39 Å². The van der Waals surface area contributed by atoms with Gasteiger partial charge >= 0.3 is 0 Å². The number of carbonyl (C=O) groups is 2. The molecule has 2 aromatic heterocycles. The van der Waals surface area contributed by atoms with Crippen LogP contribution in [0.25, 0.3) is 0 Å². The number of aryl methyl sites for hydroxylation is 3. The number of hydrogen-bond acceptors (Lipinski definition) is 9. The number of halogens is 1. The summed E-state index contributed by atoms with van der Waals surface area (Å²) in [5, 5.41) is 16.1. The Kier molecular flexibility index (Phi) is 9.66. The summed E-state index contributed by atoms with van der Waals surface area (Å²) in [6.45, 7) is 3.38. The largest absolute Gasteiger partial charge is 0.495 e. The normalized spacial score (nSPS) is 12.3. The standard InChI is InChI=1S/C25H29FN4O6S2/c1-15-6-4-7-17(22(15)26)8-5-11-30(25(33)24(32)19-10-9-18(36-3)12-28-19)13-21-29-23(16(2)37-21)20(31)14-38(27,34)35/h4,6-7,9-10,12,24,32H,5,8,11,13-14H2,1-3H3,(H2,27,34,35)/t24-/m1/s1. The molecule has 1 atom stereocenters. The van der Waals surface area contributed by atoms with Crippen LogP contribution in [0.15, 0.2) is 36.5 Å². The summed E-state index contributed by atoms with van der Waals surface area (Å²) in [4.78, 5) is 35.8. The maximum Gasteiger partial charge on any atom is 0.258 e. The molecule has 0 saturated heterocycles. The first-order chi connectivity index (χ1) is 17.9. The lowest BCUT2D eigenvalue weighted by atomic mass is 10.1. The summed E-state index contributed by atoms with van der Waals surface area (Å²) in [5.41, 5.74) is 1.11. The van der Waals surface area contributed by atoms with Crippen molar-refractivity contribution in [2.75, 3.05) is 19.4 Å². The van der Waals surface area contributed by atoms with E-state index >= 15 is 0 Å². The first-order valence-corrected chi connectivity index (χ1v) is 14.1. The maximum absolute atomic E-state index is 14.5. The third-order valence-corrected chi connectivity index (χ3v) is 7.35. The number of nitrogens with two attached hydrogens (primary N) is 1. The van der Waals surface area contributed by atoms with Gasteiger partial charge in [-0.15, -0.1) is 11.3 Å². The third-order valence-electron chi connectivity index (χ3n) is 5.73. The van der Waals surface area contributed by atoms with Gasteiger partial charge in [0.15, 0.2) is 11.9 Å². The lowest BCUT2D eigenvalue weighted by Gasteiger charge is -2.24. The Morgan fingerprint density at radius 2 is 1.97 bits per heavy atom. The smallest absolute Gasteiger partial charge is 0.258 e. The number of aliphatic hydroxyl groups excluding tert-OH is 1. The number of hydrogen-bond donors (Lipinski definition) is 2. The average molecular weight is 565 g/mol. The van der Waals surface area contributed by atoms with Gasteiger partial charge in [-0.3, -0.25) is 14.6 Å². The van der Waals surface area contributed by atoms with Crippen LogP contribution in [0.3, 0.4) is 0 Å². The highest BCUT2D eigenvalue weighted by atomic mass is 32.2. The van der Waals surface area contributed by atoms with Gasteiger partial charge in [0.2, 0.25) is 10.0 Å². The average Bonchev–Trinajstić information content (AvgIpc) is 3.24. The molecule has 13 heteroatoms. The Morgan fingerprint density at radius 1 is 1.24 bits per heavy atom. The van der Waals surface area contributed by atoms with Crippen molar-refractivity contribution in [2.24, 2.45) is 5.14 Å². The second-order valence-corrected chi connectivity index (χ2v) is 11.6. The highest BCUT2D eigenvalue weighted by Gasteiger charge is 2.27. The van der Waals surface area contributed by atoms with Crippen molar-refractivity contribution >= 4 is 33.1 Å². The van der Waals surface area contributed by atoms with Gasteiger partial charge in [0.25, 0.3) is 5.91 Å². The molecule has 0 aliphatic rings. The van der Waals surface area contributed by atoms with E-state index in [4.69, 9.17) is 9.88 Å². The van der Waals surface area contributed by atoms with Crippen molar-refractivity contribution in [1.82, 2.24) is 14.9 Å². The molecule has 1 amide bonds. The summed E-state index contributed by atoms with van der Waals surface area (Å²) in [7, 11) is -2.57. The molecule has 0 aliphatic heterocycles. The molecule has 2 heterocycles. The Balaban J connectivity index is 1.82. The lowest BCUT2D eigenvalue weighted by molar-refractivity contribution is -0.141. The number of ketones is 1. The van der Waals surface area contributed by atoms with Crippen LogP contribution in [0.1, 0.15) is 49.7 Å². The fourth-order valence-corrected chi connectivity index (χ4v) is 5.26. The minimum absolute atomic E-state index is 0.0365. The Labute approximate surface area is 224 Å². The number of aliphatic hydroxyl groups is 1. The fraction of sp³-hybridized carbons (Fsp3) is 0.360. The number of primary sulfonamides is 1. The first kappa shape index (κ1) is 29.3. The Hall–Kier alpha value is -3.26. The number of pyridine rings is 1. The van der Waals surface area contributed by atoms with E-state index in [0.29, 0.717) is 39.6 Å². The first-order valence-electron chi connectivity index (χ1n) is 11.6. The van der Waals surface area contributed by atoms with Gasteiger partial charge in [-0.1, -0.05) is 18.2 Å². The van der Waals surface area contributed by atoms with Crippen LogP contribution < -0.4 is 9.88 Å². The number of methoxy groups -OCH3 is 1. The molecular formula is C25H29FN4O6S2. The molecule has 0 bridgehead atoms. The monoisotopic (exact) mass is 564 g/mol. The number of amides is 1. The molecule has 10 nitrogen and oxygen atoms in total. The van der Waals surface area contributed by atoms with Crippen LogP contribution in [-0.4, -0.2) is 59.5 Å². The maximum atomic E-state index is 14.5. The topological polar surface area (TPSA) is 153 Å². The molecule has 0 saturated carbocycles. The molecule has 38 heavy (non-hydrogen) atoms. The number of ether oxygens (including phenoxy) is 1. The quantitative estimate of drug-likeness (QED) is 0.318. The van der Waals surface area contributed by atoms with E-state index in [1.54, 1.807) is 38.1 Å². The van der Waals surface area contributed by atoms with Crippen LogP contribution in [0, 0.1) is 19.7 Å². The van der Waals surface area contributed by atoms with Gasteiger partial charge in [0.1, 0.15) is 28.0 Å². The molecule has 0 aliphatic carbocycles. The van der Waals surface area contributed by atoms with E-state index in [9.17, 15) is 27.5 Å². The molecule has 0 radical (unpaired) electrons. The SMILES string of the molecule is COc1ccc([C@@H](O)C(=O)N(CCCc2cccc(C)c2F)Cc2nc(C(=O)CS(N)(=O)=O)c(C)s2)nc1. The van der Waals surface area contributed by atoms with E-state index in [1.807, 2.05) is 0 Å². The summed E-state index contributed by atoms with van der Waals surface area (Å²) < 4.78 is 42.2. The zero-order valence-electron chi connectivity index (χ0n) is 21.2. The predicted octanol–water partition coefficient (Wildman–Crippen LogP) is 2.47. The van der Waals surface area contributed by atoms with Gasteiger partial charge in [-0.25, -0.2) is 22.9 Å². The molecule has 3 aromatic rings. The van der Waals surface area contributed by atoms with E-state index in [-0.39, 0.29) is 30.3 Å². The second kappa shape index (κ2) is 12.5. The zero-order valence-corrected chi connectivity index (χ0v) is 22.8. The number of Topliss-reactive ketones (excluding diaryl/α,β-unsaturated/α-hetero) is 1. The van der Waals surface area contributed by atoms with Crippen molar-refractivity contribution in [3.63, 3.8) is 0 Å². The molecular weight excluding hydrogens is 535 g/mol. The number of nitrogens with zero attached hydrogens (tertiary/aromatic N) is 3. The zero-order chi connectivity index (χ0) is 28.0. The summed E-state index contributed by atoms with van der Waals surface area (Å²) >= 11 is 1.13. The highest BCUT2D eigenvalue weighted by molar-refractivity contribution is 7.89. The molecule has 0 unspecified atom stereocenters. The van der Waals surface area contributed by atoms with Gasteiger partial charge in [0.05, 0.1) is 25.5 Å². The molecule has 3 rings (SSSR count). The van der Waals surface area contributed by atoms with E-state index in [1.165, 1.54) is 24.3 Å². The van der Waals surface area contributed by atoms with Crippen LogP contribution in [0.2, 0.25) is 0 Å². The summed E-state index contributed by atoms with van der Waals surface area (Å²) in [6, 6.07) is 8.15. The molecule has 1 aromatic carbocycles. The van der Waals surface area contributed by atoms with Crippen LogP contribution in [0.5, 0.6) is 5.75 Å². The van der Waals surface area contributed by atoms with Crippen LogP contribution in [-0.2, 0) is 27.8 Å². The highest BCUT2D eigenvalue weighted by Crippen LogP contribution is 2.23. The predicted molar refractivity (Wildman–Crippen MR) is 140 cm³/mol. The number of thiazole rings is 1. The van der Waals surface area contributed by atoms with Crippen molar-refractivity contribution in [2.45, 2.75) is 39.3 Å². The minimum atomic E-state index is -4.04. The number of carbonyl (C=O) groups excluding carboxylic acids is 2. The summed E-state index contributed by atoms with van der Waals surface area (Å²) in [6.07, 6.45) is 0.533. The number of rotatable bonds is 12.